The van der Waals surface area contributed by atoms with E-state index in [4.69, 9.17) is 28.3 Å². The summed E-state index contributed by atoms with van der Waals surface area (Å²) in [7, 11) is 0. The molecule has 0 saturated heterocycles. The highest BCUT2D eigenvalue weighted by Crippen LogP contribution is 2.28. The van der Waals surface area contributed by atoms with Crippen molar-refractivity contribution in [2.24, 2.45) is 0 Å². The van der Waals surface area contributed by atoms with Crippen molar-refractivity contribution in [2.75, 3.05) is 0 Å². The highest BCUT2D eigenvalue weighted by Gasteiger charge is 2.14. The summed E-state index contributed by atoms with van der Waals surface area (Å²) in [6.07, 6.45) is 2.63. The van der Waals surface area contributed by atoms with Crippen molar-refractivity contribution in [3.8, 4) is 5.69 Å². The van der Waals surface area contributed by atoms with Gasteiger partial charge in [-0.25, -0.2) is 9.78 Å². The van der Waals surface area contributed by atoms with E-state index in [2.05, 4.69) is 4.98 Å². The Balaban J connectivity index is 0.00000144. The predicted octanol–water partition coefficient (Wildman–Crippen LogP) is 3.30. The molecule has 0 saturated carbocycles. The van der Waals surface area contributed by atoms with Crippen molar-refractivity contribution in [1.82, 2.24) is 9.55 Å². The van der Waals surface area contributed by atoms with Crippen molar-refractivity contribution >= 4 is 41.6 Å². The summed E-state index contributed by atoms with van der Waals surface area (Å²) in [6.45, 7) is 0. The van der Waals surface area contributed by atoms with Crippen LogP contribution in [0.1, 0.15) is 10.5 Å². The third-order valence-corrected chi connectivity index (χ3v) is 2.86. The zero-order valence-corrected chi connectivity index (χ0v) is 10.6. The fraction of sp³-hybridized carbons (Fsp3) is 0. The topological polar surface area (TPSA) is 55.1 Å². The van der Waals surface area contributed by atoms with Gasteiger partial charge in [-0.1, -0.05) is 29.3 Å². The molecule has 2 aromatic rings. The van der Waals surface area contributed by atoms with Crippen LogP contribution in [0.5, 0.6) is 0 Å². The van der Waals surface area contributed by atoms with Gasteiger partial charge in [-0.3, -0.25) is 4.57 Å². The van der Waals surface area contributed by atoms with Crippen molar-refractivity contribution in [2.45, 2.75) is 0 Å². The monoisotopic (exact) mass is 292 g/mol. The van der Waals surface area contributed by atoms with Gasteiger partial charge in [-0.15, -0.1) is 12.4 Å². The molecule has 90 valence electrons. The first kappa shape index (κ1) is 13.8. The highest BCUT2D eigenvalue weighted by atomic mass is 35.5. The molecular formula is C10H7Cl3N2O2. The Morgan fingerprint density at radius 2 is 2.06 bits per heavy atom. The van der Waals surface area contributed by atoms with E-state index in [1.807, 2.05) is 0 Å². The fourth-order valence-corrected chi connectivity index (χ4v) is 1.71. The lowest BCUT2D eigenvalue weighted by molar-refractivity contribution is 0.0688. The summed E-state index contributed by atoms with van der Waals surface area (Å²) in [5.74, 6) is -1.08. The first-order valence-electron chi connectivity index (χ1n) is 4.31. The number of halogens is 3. The maximum atomic E-state index is 10.9. The minimum atomic E-state index is -1.08. The van der Waals surface area contributed by atoms with Gasteiger partial charge in [0.2, 0.25) is 0 Å². The number of hydrogen-bond acceptors (Lipinski definition) is 2. The van der Waals surface area contributed by atoms with E-state index in [9.17, 15) is 4.79 Å². The number of nitrogens with zero attached hydrogens (tertiary/aromatic N) is 2. The van der Waals surface area contributed by atoms with Crippen LogP contribution in [0.3, 0.4) is 0 Å². The molecule has 2 rings (SSSR count). The van der Waals surface area contributed by atoms with E-state index in [0.717, 1.165) is 0 Å². The van der Waals surface area contributed by atoms with Gasteiger partial charge < -0.3 is 5.11 Å². The Labute approximate surface area is 113 Å². The quantitative estimate of drug-likeness (QED) is 0.924. The molecule has 0 atom stereocenters. The Bertz CT molecular complexity index is 554. The lowest BCUT2D eigenvalue weighted by atomic mass is 10.3. The van der Waals surface area contributed by atoms with Gasteiger partial charge in [0.05, 0.1) is 28.3 Å². The third-order valence-electron chi connectivity index (χ3n) is 2.05. The lowest BCUT2D eigenvalue weighted by Gasteiger charge is -2.08. The largest absolute Gasteiger partial charge is 0.477 e. The molecule has 0 unspecified atom stereocenters. The number of aromatic carboxylic acids is 1. The molecule has 0 bridgehead atoms. The second-order valence-electron chi connectivity index (χ2n) is 3.03. The van der Waals surface area contributed by atoms with Gasteiger partial charge in [0.25, 0.3) is 0 Å². The predicted molar refractivity (Wildman–Crippen MR) is 67.8 cm³/mol. The van der Waals surface area contributed by atoms with Crippen LogP contribution in [0.2, 0.25) is 10.0 Å². The second-order valence-corrected chi connectivity index (χ2v) is 3.81. The van der Waals surface area contributed by atoms with Crippen LogP contribution in [0, 0.1) is 0 Å². The molecule has 0 aliphatic heterocycles. The molecule has 1 aromatic heterocycles. The average molecular weight is 294 g/mol. The summed E-state index contributed by atoms with van der Waals surface area (Å²) in [5.41, 5.74) is 0.522. The van der Waals surface area contributed by atoms with E-state index in [1.54, 1.807) is 18.2 Å². The van der Waals surface area contributed by atoms with Gasteiger partial charge in [0.15, 0.2) is 5.69 Å². The van der Waals surface area contributed by atoms with Gasteiger partial charge >= 0.3 is 5.97 Å². The zero-order chi connectivity index (χ0) is 11.7. The second kappa shape index (κ2) is 5.40. The van der Waals surface area contributed by atoms with E-state index >= 15 is 0 Å². The van der Waals surface area contributed by atoms with Crippen molar-refractivity contribution in [1.29, 1.82) is 0 Å². The number of benzene rings is 1. The number of carboxylic acid groups (broad SMARTS) is 1. The number of rotatable bonds is 2. The Hall–Kier alpha value is -1.23. The third kappa shape index (κ3) is 2.54. The Kier molecular flexibility index (Phi) is 4.40. The number of aromatic nitrogens is 2. The molecule has 1 aromatic carbocycles. The number of carboxylic acids is 1. The molecule has 1 N–H and O–H groups in total. The smallest absolute Gasteiger partial charge is 0.354 e. The fourth-order valence-electron chi connectivity index (χ4n) is 1.32. The van der Waals surface area contributed by atoms with Crippen LogP contribution in [0.4, 0.5) is 0 Å². The molecule has 4 nitrogen and oxygen atoms in total. The molecule has 0 spiro atoms. The van der Waals surface area contributed by atoms with E-state index in [0.29, 0.717) is 15.7 Å². The minimum Gasteiger partial charge on any atom is -0.477 e. The van der Waals surface area contributed by atoms with Crippen LogP contribution < -0.4 is 0 Å². The van der Waals surface area contributed by atoms with Gasteiger partial charge in [0.1, 0.15) is 0 Å². The number of carbonyl (C=O) groups is 1. The number of imidazole rings is 1. The van der Waals surface area contributed by atoms with Crippen molar-refractivity contribution < 1.29 is 9.90 Å². The van der Waals surface area contributed by atoms with Crippen LogP contribution in [0.25, 0.3) is 5.69 Å². The summed E-state index contributed by atoms with van der Waals surface area (Å²) < 4.78 is 1.37. The molecule has 0 radical (unpaired) electrons. The lowest BCUT2D eigenvalue weighted by Crippen LogP contribution is -2.06. The summed E-state index contributed by atoms with van der Waals surface area (Å²) in [4.78, 5) is 14.7. The van der Waals surface area contributed by atoms with Crippen molar-refractivity contribution in [3.63, 3.8) is 0 Å². The maximum Gasteiger partial charge on any atom is 0.354 e. The van der Waals surface area contributed by atoms with Gasteiger partial charge in [-0.05, 0) is 12.1 Å². The molecule has 0 aliphatic carbocycles. The molecule has 1 heterocycles. The zero-order valence-electron chi connectivity index (χ0n) is 8.30. The highest BCUT2D eigenvalue weighted by molar-refractivity contribution is 6.43. The van der Waals surface area contributed by atoms with E-state index in [-0.39, 0.29) is 18.1 Å². The first-order chi connectivity index (χ1) is 7.61. The standard InChI is InChI=1S/C10H6Cl2N2O2.ClH/c11-6-2-1-3-7(9(6)12)14-5-13-4-8(14)10(15)16;/h1-5H,(H,15,16);1H. The minimum absolute atomic E-state index is 0. The average Bonchev–Trinajstić information content (AvgIpc) is 2.70. The molecule has 0 fully saturated rings. The molecule has 7 heteroatoms. The Morgan fingerprint density at radius 3 is 2.71 bits per heavy atom. The van der Waals surface area contributed by atoms with Crippen LogP contribution in [0.15, 0.2) is 30.7 Å². The maximum absolute atomic E-state index is 10.9. The van der Waals surface area contributed by atoms with E-state index in [1.165, 1.54) is 17.1 Å². The molecular weight excluding hydrogens is 286 g/mol. The molecule has 17 heavy (non-hydrogen) atoms. The van der Waals surface area contributed by atoms with E-state index < -0.39 is 5.97 Å². The Morgan fingerprint density at radius 1 is 1.35 bits per heavy atom. The summed E-state index contributed by atoms with van der Waals surface area (Å²) in [5, 5.41) is 9.60. The normalized spacial score (nSPS) is 9.76. The molecule has 0 amide bonds. The summed E-state index contributed by atoms with van der Waals surface area (Å²) >= 11 is 11.8. The van der Waals surface area contributed by atoms with Gasteiger partial charge in [-0.2, -0.15) is 0 Å². The van der Waals surface area contributed by atoms with Crippen LogP contribution >= 0.6 is 35.6 Å². The van der Waals surface area contributed by atoms with Gasteiger partial charge in [0, 0.05) is 0 Å². The van der Waals surface area contributed by atoms with Crippen molar-refractivity contribution in [3.05, 3.63) is 46.5 Å². The molecule has 0 aliphatic rings. The number of hydrogen-bond donors (Lipinski definition) is 1. The first-order valence-corrected chi connectivity index (χ1v) is 5.07. The summed E-state index contributed by atoms with van der Waals surface area (Å²) in [6, 6.07) is 4.99. The van der Waals surface area contributed by atoms with Crippen LogP contribution in [-0.2, 0) is 0 Å². The van der Waals surface area contributed by atoms with Crippen LogP contribution in [-0.4, -0.2) is 20.6 Å². The SMILES string of the molecule is Cl.O=C(O)c1cncn1-c1cccc(Cl)c1Cl.